The summed E-state index contributed by atoms with van der Waals surface area (Å²) in [5.74, 6) is 2.53. The van der Waals surface area contributed by atoms with Gasteiger partial charge in [0, 0.05) is 26.1 Å². The molecule has 1 atom stereocenters. The van der Waals surface area contributed by atoms with E-state index in [0.29, 0.717) is 25.9 Å². The Morgan fingerprint density at radius 2 is 1.72 bits per heavy atom. The molecule has 4 nitrogen and oxygen atoms in total. The topological polar surface area (TPSA) is 58.9 Å². The third-order valence-corrected chi connectivity index (χ3v) is 6.21. The average Bonchev–Trinajstić information content (AvgIpc) is 3.66. The van der Waals surface area contributed by atoms with E-state index in [4.69, 9.17) is 9.47 Å². The molecule has 0 bridgehead atoms. The van der Waals surface area contributed by atoms with Crippen molar-refractivity contribution in [2.24, 2.45) is 11.8 Å². The monoisotopic (exact) mass is 446 g/mol. The predicted octanol–water partition coefficient (Wildman–Crippen LogP) is 7.17. The van der Waals surface area contributed by atoms with Crippen LogP contribution in [0.1, 0.15) is 91.4 Å². The van der Waals surface area contributed by atoms with Gasteiger partial charge in [-0.25, -0.2) is 0 Å². The summed E-state index contributed by atoms with van der Waals surface area (Å²) in [7, 11) is 0. The van der Waals surface area contributed by atoms with Gasteiger partial charge in [-0.2, -0.15) is 0 Å². The second kappa shape index (κ2) is 14.6. The van der Waals surface area contributed by atoms with E-state index in [1.165, 1.54) is 25.7 Å². The first-order valence-corrected chi connectivity index (χ1v) is 12.8. The Bertz CT molecular complexity index is 652. The van der Waals surface area contributed by atoms with Gasteiger partial charge in [-0.1, -0.05) is 63.7 Å². The highest BCUT2D eigenvalue weighted by molar-refractivity contribution is 5.25. The third kappa shape index (κ3) is 11.4. The molecule has 0 saturated heterocycles. The lowest BCUT2D eigenvalue weighted by Gasteiger charge is -2.28. The van der Waals surface area contributed by atoms with Crippen molar-refractivity contribution in [1.82, 2.24) is 0 Å². The molecule has 0 amide bonds. The lowest BCUT2D eigenvalue weighted by Crippen LogP contribution is -2.33. The fourth-order valence-electron chi connectivity index (χ4n) is 3.76. The Labute approximate surface area is 196 Å². The molecule has 2 rings (SSSR count). The quantitative estimate of drug-likeness (QED) is 0.133. The van der Waals surface area contributed by atoms with E-state index in [-0.39, 0.29) is 5.76 Å². The zero-order valence-electron chi connectivity index (χ0n) is 20.7. The normalized spacial score (nSPS) is 20.1. The van der Waals surface area contributed by atoms with E-state index in [0.717, 1.165) is 62.1 Å². The zero-order valence-corrected chi connectivity index (χ0v) is 20.7. The van der Waals surface area contributed by atoms with Gasteiger partial charge in [-0.15, -0.1) is 0 Å². The Kier molecular flexibility index (Phi) is 12.2. The molecule has 2 aliphatic carbocycles. The highest BCUT2D eigenvalue weighted by Crippen LogP contribution is 2.33. The van der Waals surface area contributed by atoms with E-state index >= 15 is 0 Å². The summed E-state index contributed by atoms with van der Waals surface area (Å²) in [6.45, 7) is 8.02. The van der Waals surface area contributed by atoms with Crippen LogP contribution in [0.4, 0.5) is 0 Å². The van der Waals surface area contributed by atoms with Gasteiger partial charge in [0.2, 0.25) is 0 Å². The van der Waals surface area contributed by atoms with Crippen LogP contribution in [0, 0.1) is 11.8 Å². The minimum absolute atomic E-state index is 0.0431. The molecule has 182 valence electrons. The number of hydrogen-bond acceptors (Lipinski definition) is 4. The molecular formula is C28H46O4. The van der Waals surface area contributed by atoms with Crippen LogP contribution in [0.25, 0.3) is 0 Å². The first-order chi connectivity index (χ1) is 15.5. The maximum Gasteiger partial charge on any atom is 0.127 e. The largest absolute Gasteiger partial charge is 0.510 e. The van der Waals surface area contributed by atoms with Crippen molar-refractivity contribution in [2.75, 3.05) is 19.8 Å². The molecule has 0 aromatic heterocycles. The summed E-state index contributed by atoms with van der Waals surface area (Å²) in [5.41, 5.74) is -0.337. The molecule has 0 spiro atoms. The summed E-state index contributed by atoms with van der Waals surface area (Å²) in [5, 5.41) is 21.9. The van der Waals surface area contributed by atoms with Crippen molar-refractivity contribution in [3.63, 3.8) is 0 Å². The molecule has 32 heavy (non-hydrogen) atoms. The molecule has 2 aliphatic rings. The van der Waals surface area contributed by atoms with Crippen molar-refractivity contribution >= 4 is 0 Å². The van der Waals surface area contributed by atoms with Crippen LogP contribution in [0.3, 0.4) is 0 Å². The average molecular weight is 447 g/mol. The van der Waals surface area contributed by atoms with Crippen molar-refractivity contribution in [2.45, 2.75) is 97.0 Å². The van der Waals surface area contributed by atoms with E-state index < -0.39 is 5.60 Å². The maximum atomic E-state index is 11.3. The Morgan fingerprint density at radius 3 is 2.34 bits per heavy atom. The van der Waals surface area contributed by atoms with Crippen LogP contribution in [0.15, 0.2) is 47.5 Å². The van der Waals surface area contributed by atoms with Crippen LogP contribution in [-0.2, 0) is 9.47 Å². The highest BCUT2D eigenvalue weighted by atomic mass is 16.5. The minimum atomic E-state index is -1.31. The predicted molar refractivity (Wildman–Crippen MR) is 133 cm³/mol. The summed E-state index contributed by atoms with van der Waals surface area (Å²) in [6.07, 6.45) is 21.0. The smallest absolute Gasteiger partial charge is 0.127 e. The van der Waals surface area contributed by atoms with Gasteiger partial charge in [0.1, 0.15) is 17.1 Å². The van der Waals surface area contributed by atoms with Crippen molar-refractivity contribution < 1.29 is 19.7 Å². The second-order valence-corrected chi connectivity index (χ2v) is 9.66. The lowest BCUT2D eigenvalue weighted by atomic mass is 9.89. The summed E-state index contributed by atoms with van der Waals surface area (Å²) in [4.78, 5) is 0. The third-order valence-electron chi connectivity index (χ3n) is 6.21. The van der Waals surface area contributed by atoms with Gasteiger partial charge in [0.05, 0.1) is 6.61 Å². The van der Waals surface area contributed by atoms with Crippen LogP contribution >= 0.6 is 0 Å². The van der Waals surface area contributed by atoms with E-state index in [1.807, 2.05) is 32.1 Å². The molecule has 2 fully saturated rings. The first kappa shape index (κ1) is 26.7. The van der Waals surface area contributed by atoms with Crippen LogP contribution in [0.5, 0.6) is 0 Å². The van der Waals surface area contributed by atoms with Gasteiger partial charge in [0.15, 0.2) is 0 Å². The number of hydrogen-bond donors (Lipinski definition) is 2. The van der Waals surface area contributed by atoms with E-state index in [2.05, 4.69) is 13.0 Å². The summed E-state index contributed by atoms with van der Waals surface area (Å²) >= 11 is 0. The number of ether oxygens (including phenoxy) is 2. The molecule has 2 N–H and O–H groups in total. The fraction of sp³-hybridized carbons (Fsp3) is 0.714. The lowest BCUT2D eigenvalue weighted by molar-refractivity contribution is -0.00222. The molecule has 1 unspecified atom stereocenters. The number of aliphatic hydroxyl groups excluding tert-OH is 1. The van der Waals surface area contributed by atoms with Crippen molar-refractivity contribution in [1.29, 1.82) is 0 Å². The molecule has 0 aromatic rings. The Morgan fingerprint density at radius 1 is 1.03 bits per heavy atom. The zero-order chi connectivity index (χ0) is 23.2. The van der Waals surface area contributed by atoms with Crippen LogP contribution < -0.4 is 0 Å². The van der Waals surface area contributed by atoms with Gasteiger partial charge in [-0.05, 0) is 62.7 Å². The molecule has 2 saturated carbocycles. The highest BCUT2D eigenvalue weighted by Gasteiger charge is 2.32. The maximum absolute atomic E-state index is 11.3. The van der Waals surface area contributed by atoms with Gasteiger partial charge in [-0.3, -0.25) is 0 Å². The van der Waals surface area contributed by atoms with E-state index in [1.54, 1.807) is 6.08 Å². The van der Waals surface area contributed by atoms with Gasteiger partial charge < -0.3 is 19.7 Å². The van der Waals surface area contributed by atoms with Crippen LogP contribution in [0.2, 0.25) is 0 Å². The van der Waals surface area contributed by atoms with Gasteiger partial charge in [0.25, 0.3) is 0 Å². The van der Waals surface area contributed by atoms with E-state index in [9.17, 15) is 10.2 Å². The Hall–Kier alpha value is -1.52. The number of aliphatic hydroxyl groups is 2. The number of rotatable bonds is 18. The number of allylic oxidation sites excluding steroid dienone is 5. The first-order valence-electron chi connectivity index (χ1n) is 12.8. The Balaban J connectivity index is 1.98. The van der Waals surface area contributed by atoms with Gasteiger partial charge >= 0.3 is 0 Å². The fourth-order valence-corrected chi connectivity index (χ4v) is 3.76. The standard InChI is InChI=1S/C28H46O4/c1-4-6-7-8-10-26(32-19-16-25-13-14-25)21-23(3)22-28(30,27(29)9-5-2)17-20-31-18-15-24-11-12-24/h7-10,21,24-25,29-30H,4-6,11-20,22H2,1-3H3/b8-7+,23-21+,26-10+,27-9-. The second-order valence-electron chi connectivity index (χ2n) is 9.66. The molecule has 0 aliphatic heterocycles. The SMILES string of the molecule is CC/C=C(\O)C(O)(CCOCCC1CC1)C/C(C)=C/C(=C\C=C\CCC)OCCC1CC1. The summed E-state index contributed by atoms with van der Waals surface area (Å²) in [6, 6.07) is 0. The molecule has 4 heteroatoms. The van der Waals surface area contributed by atoms with Crippen molar-refractivity contribution in [3.05, 3.63) is 47.5 Å². The molecule has 0 aromatic carbocycles. The van der Waals surface area contributed by atoms with Crippen molar-refractivity contribution in [3.8, 4) is 0 Å². The van der Waals surface area contributed by atoms with Crippen LogP contribution in [-0.4, -0.2) is 35.6 Å². The number of unbranched alkanes of at least 4 members (excludes halogenated alkanes) is 1. The molecule has 0 heterocycles. The minimum Gasteiger partial charge on any atom is -0.510 e. The molecule has 0 radical (unpaired) electrons. The summed E-state index contributed by atoms with van der Waals surface area (Å²) < 4.78 is 11.8. The molecular weight excluding hydrogens is 400 g/mol.